The third-order valence-electron chi connectivity index (χ3n) is 5.12. The number of amides is 1. The molecule has 1 heterocycles. The molecule has 10 heteroatoms. The van der Waals surface area contributed by atoms with E-state index in [0.717, 1.165) is 11.1 Å². The van der Waals surface area contributed by atoms with Crippen LogP contribution in [0.5, 0.6) is 5.75 Å². The molecule has 0 spiro atoms. The van der Waals surface area contributed by atoms with E-state index in [1.807, 2.05) is 48.5 Å². The number of aromatic amines is 1. The van der Waals surface area contributed by atoms with Crippen LogP contribution in [0.3, 0.4) is 0 Å². The zero-order valence-corrected chi connectivity index (χ0v) is 19.3. The van der Waals surface area contributed by atoms with Gasteiger partial charge in [-0.25, -0.2) is 5.43 Å². The van der Waals surface area contributed by atoms with E-state index in [1.54, 1.807) is 25.1 Å². The highest BCUT2D eigenvalue weighted by atomic mass is 35.5. The number of hydrazone groups is 1. The molecule has 0 aliphatic heterocycles. The van der Waals surface area contributed by atoms with E-state index in [2.05, 4.69) is 20.7 Å². The van der Waals surface area contributed by atoms with Crippen molar-refractivity contribution in [1.29, 1.82) is 0 Å². The molecule has 9 nitrogen and oxygen atoms in total. The number of aromatic nitrogens is 2. The summed E-state index contributed by atoms with van der Waals surface area (Å²) in [5, 5.41) is 22.5. The molecule has 0 atom stereocenters. The third-order valence-corrected chi connectivity index (χ3v) is 5.49. The Morgan fingerprint density at radius 1 is 1.11 bits per heavy atom. The maximum absolute atomic E-state index is 12.5. The SMILES string of the molecule is C/C(=N\NC(=O)c1cc(-c2ccc(OCc3ccccc3Cl)cc2)n[nH]1)c1cccc([N+](=O)[O-])c1. The molecule has 0 radical (unpaired) electrons. The first-order chi connectivity index (χ1) is 16.9. The molecule has 0 saturated carbocycles. The normalized spacial score (nSPS) is 11.2. The molecule has 0 unspecified atom stereocenters. The Morgan fingerprint density at radius 3 is 2.63 bits per heavy atom. The van der Waals surface area contributed by atoms with Gasteiger partial charge in [0.1, 0.15) is 18.1 Å². The number of ether oxygens (including phenoxy) is 1. The second-order valence-electron chi connectivity index (χ2n) is 7.52. The average Bonchev–Trinajstić information content (AvgIpc) is 3.37. The lowest BCUT2D eigenvalue weighted by molar-refractivity contribution is -0.384. The minimum absolute atomic E-state index is 0.0538. The molecule has 35 heavy (non-hydrogen) atoms. The number of carbonyl (C=O) groups excluding carboxylic acids is 1. The van der Waals surface area contributed by atoms with Gasteiger partial charge in [-0.1, -0.05) is 41.9 Å². The Labute approximate surface area is 205 Å². The molecule has 1 amide bonds. The van der Waals surface area contributed by atoms with Gasteiger partial charge in [0.2, 0.25) is 0 Å². The van der Waals surface area contributed by atoms with Crippen molar-refractivity contribution in [2.45, 2.75) is 13.5 Å². The van der Waals surface area contributed by atoms with Crippen LogP contribution in [0.15, 0.2) is 84.0 Å². The second kappa shape index (κ2) is 10.6. The Bertz CT molecular complexity index is 1400. The first-order valence-corrected chi connectivity index (χ1v) is 10.9. The first kappa shape index (κ1) is 23.7. The molecule has 0 fully saturated rings. The van der Waals surface area contributed by atoms with Crippen molar-refractivity contribution in [1.82, 2.24) is 15.6 Å². The summed E-state index contributed by atoms with van der Waals surface area (Å²) in [5.74, 6) is 0.182. The van der Waals surface area contributed by atoms with Gasteiger partial charge in [0, 0.05) is 33.8 Å². The smallest absolute Gasteiger partial charge is 0.289 e. The van der Waals surface area contributed by atoms with Crippen LogP contribution in [0.25, 0.3) is 11.3 Å². The molecule has 3 aromatic carbocycles. The van der Waals surface area contributed by atoms with Crippen LogP contribution in [0.1, 0.15) is 28.5 Å². The standard InChI is InChI=1S/C25H20ClN5O4/c1-16(18-6-4-7-20(13-18)31(33)34)27-30-25(32)24-14-23(28-29-24)17-9-11-21(12-10-17)35-15-19-5-2-3-8-22(19)26/h2-14H,15H2,1H3,(H,28,29)(H,30,32)/b27-16+. The number of H-pyrrole nitrogens is 1. The van der Waals surface area contributed by atoms with Crippen LogP contribution in [0, 0.1) is 10.1 Å². The lowest BCUT2D eigenvalue weighted by Gasteiger charge is -2.08. The number of non-ortho nitro benzene ring substituents is 1. The van der Waals surface area contributed by atoms with Crippen molar-refractivity contribution >= 4 is 28.9 Å². The van der Waals surface area contributed by atoms with Gasteiger partial charge < -0.3 is 4.74 Å². The maximum atomic E-state index is 12.5. The van der Waals surface area contributed by atoms with Crippen LogP contribution in [0.4, 0.5) is 5.69 Å². The fourth-order valence-electron chi connectivity index (χ4n) is 3.19. The van der Waals surface area contributed by atoms with E-state index in [4.69, 9.17) is 16.3 Å². The van der Waals surface area contributed by atoms with E-state index in [0.29, 0.717) is 34.3 Å². The number of nitrogens with zero attached hydrogens (tertiary/aromatic N) is 3. The molecule has 2 N–H and O–H groups in total. The summed E-state index contributed by atoms with van der Waals surface area (Å²) in [7, 11) is 0. The van der Waals surface area contributed by atoms with E-state index < -0.39 is 10.8 Å². The molecule has 0 saturated heterocycles. The van der Waals surface area contributed by atoms with E-state index >= 15 is 0 Å². The summed E-state index contributed by atoms with van der Waals surface area (Å²) < 4.78 is 5.79. The van der Waals surface area contributed by atoms with Crippen LogP contribution in [0.2, 0.25) is 5.02 Å². The number of nitro benzene ring substituents is 1. The number of carbonyl (C=O) groups is 1. The van der Waals surface area contributed by atoms with E-state index in [1.165, 1.54) is 12.1 Å². The van der Waals surface area contributed by atoms with Gasteiger partial charge in [-0.2, -0.15) is 10.2 Å². The van der Waals surface area contributed by atoms with Crippen LogP contribution in [-0.2, 0) is 6.61 Å². The lowest BCUT2D eigenvalue weighted by atomic mass is 10.1. The Kier molecular flexibility index (Phi) is 7.18. The van der Waals surface area contributed by atoms with Crippen molar-refractivity contribution in [3.05, 3.63) is 111 Å². The van der Waals surface area contributed by atoms with Gasteiger partial charge in [0.05, 0.1) is 16.3 Å². The van der Waals surface area contributed by atoms with Crippen molar-refractivity contribution in [3.8, 4) is 17.0 Å². The molecule has 176 valence electrons. The second-order valence-corrected chi connectivity index (χ2v) is 7.92. The average molecular weight is 490 g/mol. The molecule has 0 aliphatic carbocycles. The van der Waals surface area contributed by atoms with Gasteiger partial charge in [0.15, 0.2) is 0 Å². The number of hydrogen-bond donors (Lipinski definition) is 2. The molecule has 1 aromatic heterocycles. The molecule has 0 bridgehead atoms. The summed E-state index contributed by atoms with van der Waals surface area (Å²) in [4.78, 5) is 22.9. The number of hydrogen-bond acceptors (Lipinski definition) is 6. The number of nitro groups is 1. The number of halogens is 1. The largest absolute Gasteiger partial charge is 0.489 e. The monoisotopic (exact) mass is 489 g/mol. The minimum atomic E-state index is -0.492. The fourth-order valence-corrected chi connectivity index (χ4v) is 3.38. The van der Waals surface area contributed by atoms with Crippen LogP contribution in [-0.4, -0.2) is 26.7 Å². The highest BCUT2D eigenvalue weighted by molar-refractivity contribution is 6.31. The quantitative estimate of drug-likeness (QED) is 0.195. The van der Waals surface area contributed by atoms with Crippen molar-refractivity contribution in [2.75, 3.05) is 0 Å². The number of nitrogens with one attached hydrogen (secondary N) is 2. The highest BCUT2D eigenvalue weighted by Gasteiger charge is 2.12. The van der Waals surface area contributed by atoms with Crippen molar-refractivity contribution < 1.29 is 14.5 Å². The summed E-state index contributed by atoms with van der Waals surface area (Å²) in [6.45, 7) is 2.00. The van der Waals surface area contributed by atoms with Gasteiger partial charge in [-0.05, 0) is 43.3 Å². The molecule has 4 rings (SSSR count). The fraction of sp³-hybridized carbons (Fsp3) is 0.0800. The summed E-state index contributed by atoms with van der Waals surface area (Å²) in [6, 6.07) is 22.4. The summed E-state index contributed by atoms with van der Waals surface area (Å²) in [6.07, 6.45) is 0. The first-order valence-electron chi connectivity index (χ1n) is 10.5. The topological polar surface area (TPSA) is 123 Å². The Morgan fingerprint density at radius 2 is 1.89 bits per heavy atom. The predicted octanol–water partition coefficient (Wildman–Crippen LogP) is 5.37. The van der Waals surface area contributed by atoms with Crippen molar-refractivity contribution in [3.63, 3.8) is 0 Å². The van der Waals surface area contributed by atoms with E-state index in [-0.39, 0.29) is 11.4 Å². The molecule has 4 aromatic rings. The number of rotatable bonds is 8. The van der Waals surface area contributed by atoms with Crippen LogP contribution >= 0.6 is 11.6 Å². The molecular formula is C25H20ClN5O4. The lowest BCUT2D eigenvalue weighted by Crippen LogP contribution is -2.19. The van der Waals surface area contributed by atoms with Gasteiger partial charge in [0.25, 0.3) is 11.6 Å². The Balaban J connectivity index is 1.38. The minimum Gasteiger partial charge on any atom is -0.489 e. The molecule has 0 aliphatic rings. The van der Waals surface area contributed by atoms with E-state index in [9.17, 15) is 14.9 Å². The van der Waals surface area contributed by atoms with Gasteiger partial charge >= 0.3 is 0 Å². The number of benzene rings is 3. The summed E-state index contributed by atoms with van der Waals surface area (Å²) >= 11 is 6.16. The molecular weight excluding hydrogens is 470 g/mol. The third kappa shape index (κ3) is 5.90. The highest BCUT2D eigenvalue weighted by Crippen LogP contribution is 2.23. The maximum Gasteiger partial charge on any atom is 0.289 e. The van der Waals surface area contributed by atoms with Gasteiger partial charge in [-0.3, -0.25) is 20.0 Å². The predicted molar refractivity (Wildman–Crippen MR) is 133 cm³/mol. The van der Waals surface area contributed by atoms with Gasteiger partial charge in [-0.15, -0.1) is 0 Å². The van der Waals surface area contributed by atoms with Crippen molar-refractivity contribution in [2.24, 2.45) is 5.10 Å². The Hall–Kier alpha value is -4.50. The van der Waals surface area contributed by atoms with Crippen LogP contribution < -0.4 is 10.2 Å². The summed E-state index contributed by atoms with van der Waals surface area (Å²) in [5.41, 5.74) is 5.81. The zero-order valence-electron chi connectivity index (χ0n) is 18.6. The zero-order chi connectivity index (χ0) is 24.8.